The fourth-order valence-electron chi connectivity index (χ4n) is 14.0. The molecule has 7 heteroatoms. The molecule has 260 valence electrons. The summed E-state index contributed by atoms with van der Waals surface area (Å²) in [5, 5.41) is 30.5. The third-order valence-electron chi connectivity index (χ3n) is 16.8. The van der Waals surface area contributed by atoms with Crippen molar-refractivity contribution >= 4 is 23.1 Å². The molecule has 0 saturated heterocycles. The van der Waals surface area contributed by atoms with Gasteiger partial charge in [0.1, 0.15) is 23.8 Å². The van der Waals surface area contributed by atoms with Crippen LogP contribution in [-0.2, 0) is 19.2 Å². The van der Waals surface area contributed by atoms with E-state index < -0.39 is 23.4 Å². The lowest BCUT2D eigenvalue weighted by Gasteiger charge is -2.60. The van der Waals surface area contributed by atoms with Crippen LogP contribution in [0.15, 0.2) is 11.6 Å². The van der Waals surface area contributed by atoms with Crippen molar-refractivity contribution in [3.63, 3.8) is 0 Å². The number of hydrogen-bond acceptors (Lipinski definition) is 7. The van der Waals surface area contributed by atoms with E-state index in [0.29, 0.717) is 42.8 Å². The summed E-state index contributed by atoms with van der Waals surface area (Å²) in [5.74, 6) is 3.36. The lowest BCUT2D eigenvalue weighted by Crippen LogP contribution is -2.60. The zero-order valence-corrected chi connectivity index (χ0v) is 29.2. The summed E-state index contributed by atoms with van der Waals surface area (Å²) in [6.45, 7) is 8.09. The molecule has 0 amide bonds. The highest BCUT2D eigenvalue weighted by molar-refractivity contribution is 5.94. The molecule has 0 aromatic heterocycles. The molecule has 8 aliphatic rings. The van der Waals surface area contributed by atoms with Crippen LogP contribution >= 0.6 is 0 Å². The third-order valence-corrected chi connectivity index (χ3v) is 16.8. The Morgan fingerprint density at radius 3 is 2.28 bits per heavy atom. The van der Waals surface area contributed by atoms with Gasteiger partial charge in [0, 0.05) is 36.0 Å². The minimum atomic E-state index is -1.60. The highest BCUT2D eigenvalue weighted by Crippen LogP contribution is 2.67. The number of hydrogen-bond donors (Lipinski definition) is 3. The number of allylic oxidation sites excluding steroid dienone is 1. The Kier molecular flexibility index (Phi) is 8.20. The van der Waals surface area contributed by atoms with Crippen LogP contribution in [-0.4, -0.2) is 56.8 Å². The van der Waals surface area contributed by atoms with Crippen molar-refractivity contribution in [2.45, 2.75) is 142 Å². The minimum Gasteiger partial charge on any atom is -0.393 e. The van der Waals surface area contributed by atoms with Crippen molar-refractivity contribution in [2.75, 3.05) is 6.61 Å². The van der Waals surface area contributed by atoms with E-state index in [0.717, 1.165) is 68.3 Å². The van der Waals surface area contributed by atoms with Crippen LogP contribution < -0.4 is 0 Å². The average molecular weight is 651 g/mol. The van der Waals surface area contributed by atoms with Crippen molar-refractivity contribution in [1.29, 1.82) is 0 Å². The molecule has 47 heavy (non-hydrogen) atoms. The maximum atomic E-state index is 13.3. The van der Waals surface area contributed by atoms with Crippen molar-refractivity contribution < 1.29 is 34.5 Å². The number of ketones is 4. The topological polar surface area (TPSA) is 129 Å². The Labute approximate surface area is 280 Å². The number of Topliss-reactive ketones (excluding diaryl/α,β-unsaturated/α-hetero) is 3. The van der Waals surface area contributed by atoms with Crippen molar-refractivity contribution in [3.05, 3.63) is 11.6 Å². The number of rotatable bonds is 2. The second kappa shape index (κ2) is 11.4. The van der Waals surface area contributed by atoms with Gasteiger partial charge >= 0.3 is 0 Å². The molecule has 13 atom stereocenters. The summed E-state index contributed by atoms with van der Waals surface area (Å²) < 4.78 is 0. The molecule has 0 unspecified atom stereocenters. The Hall–Kier alpha value is -1.70. The molecule has 0 bridgehead atoms. The molecule has 7 fully saturated rings. The van der Waals surface area contributed by atoms with Crippen LogP contribution in [0.4, 0.5) is 0 Å². The maximum Gasteiger partial charge on any atom is 0.190 e. The summed E-state index contributed by atoms with van der Waals surface area (Å²) in [7, 11) is 0. The smallest absolute Gasteiger partial charge is 0.190 e. The number of aliphatic hydroxyl groups excluding tert-OH is 2. The lowest BCUT2D eigenvalue weighted by atomic mass is 9.45. The lowest BCUT2D eigenvalue weighted by molar-refractivity contribution is -0.170. The Morgan fingerprint density at radius 1 is 0.787 bits per heavy atom. The van der Waals surface area contributed by atoms with E-state index in [1.807, 2.05) is 6.92 Å². The summed E-state index contributed by atoms with van der Waals surface area (Å²) >= 11 is 0. The molecule has 8 rings (SSSR count). The molecule has 3 N–H and O–H groups in total. The molecular formula is C40H58O7. The number of aliphatic hydroxyl groups is 3. The van der Waals surface area contributed by atoms with Crippen LogP contribution in [0.25, 0.3) is 0 Å². The molecule has 8 aliphatic carbocycles. The normalized spacial score (nSPS) is 51.6. The van der Waals surface area contributed by atoms with E-state index in [-0.39, 0.29) is 52.7 Å². The van der Waals surface area contributed by atoms with Gasteiger partial charge in [0.15, 0.2) is 11.6 Å². The number of carbonyl (C=O) groups is 4. The van der Waals surface area contributed by atoms with Gasteiger partial charge in [-0.15, -0.1) is 0 Å². The van der Waals surface area contributed by atoms with E-state index >= 15 is 0 Å². The maximum absolute atomic E-state index is 13.3. The highest BCUT2D eigenvalue weighted by atomic mass is 16.3. The van der Waals surface area contributed by atoms with Gasteiger partial charge in [-0.2, -0.15) is 0 Å². The van der Waals surface area contributed by atoms with Gasteiger partial charge in [0.25, 0.3) is 0 Å². The van der Waals surface area contributed by atoms with Gasteiger partial charge in [-0.05, 0) is 136 Å². The van der Waals surface area contributed by atoms with Gasteiger partial charge in [-0.25, -0.2) is 0 Å². The van der Waals surface area contributed by atoms with Crippen molar-refractivity contribution in [2.24, 2.45) is 63.1 Å². The zero-order valence-electron chi connectivity index (χ0n) is 29.2. The van der Waals surface area contributed by atoms with Gasteiger partial charge < -0.3 is 15.3 Å². The van der Waals surface area contributed by atoms with Gasteiger partial charge in [-0.1, -0.05) is 33.3 Å². The van der Waals surface area contributed by atoms with Gasteiger partial charge in [0.2, 0.25) is 0 Å². The van der Waals surface area contributed by atoms with Gasteiger partial charge in [0.05, 0.1) is 6.10 Å². The molecule has 0 aromatic carbocycles. The second-order valence-corrected chi connectivity index (χ2v) is 18.4. The summed E-state index contributed by atoms with van der Waals surface area (Å²) in [6.07, 6.45) is 16.0. The number of fused-ring (bicyclic) bond motifs is 10. The fourth-order valence-corrected chi connectivity index (χ4v) is 14.0. The van der Waals surface area contributed by atoms with Crippen LogP contribution in [0.5, 0.6) is 0 Å². The van der Waals surface area contributed by atoms with Crippen LogP contribution in [0.1, 0.15) is 130 Å². The Bertz CT molecular complexity index is 1380. The largest absolute Gasteiger partial charge is 0.393 e. The van der Waals surface area contributed by atoms with E-state index in [1.54, 1.807) is 6.08 Å². The fraction of sp³-hybridized carbons (Fsp3) is 0.850. The SMILES string of the molecule is C[C@]12CCC(=O)C=C1CC[C@@H]1[C@@H]2C(=O)C[C@@]2(C)[C@H]1CC[C@]2(O)C(=O)CO.C[C@]12CC[C@@H](O)C[C@H]1CC[C@@H]1[C@@H]2CC[C@]2(C)C(=O)CC[C@@H]12. The Morgan fingerprint density at radius 2 is 1.53 bits per heavy atom. The number of carbonyl (C=O) groups excluding carboxylic acids is 4. The zero-order chi connectivity index (χ0) is 33.7. The van der Waals surface area contributed by atoms with E-state index in [2.05, 4.69) is 20.8 Å². The van der Waals surface area contributed by atoms with E-state index in [9.17, 15) is 34.5 Å². The predicted octanol–water partition coefficient (Wildman–Crippen LogP) is 5.95. The van der Waals surface area contributed by atoms with Gasteiger partial charge in [-0.3, -0.25) is 19.2 Å². The summed E-state index contributed by atoms with van der Waals surface area (Å²) in [6, 6.07) is 0. The molecule has 0 radical (unpaired) electrons. The molecule has 7 saturated carbocycles. The monoisotopic (exact) mass is 650 g/mol. The van der Waals surface area contributed by atoms with Crippen LogP contribution in [0, 0.1) is 63.1 Å². The van der Waals surface area contributed by atoms with E-state index in [4.69, 9.17) is 0 Å². The summed E-state index contributed by atoms with van der Waals surface area (Å²) in [4.78, 5) is 49.9. The Balaban J connectivity index is 0.000000153. The standard InChI is InChI=1S/C21H28O5.C19H30O2/c1-19-7-5-13(23)9-12(19)3-4-14-15-6-8-21(26,17(25)11-22)20(15,2)10-16(24)18(14)19;1-18-9-7-13(20)11-12(18)3-4-14-15-5-6-17(21)19(15,2)10-8-16(14)18/h9,14-15,18,22,26H,3-8,10-11H2,1-2H3;12-16,20H,3-11H2,1-2H3/t14-,15-,18+,19-,20-,21-;12-,13-,14+,15+,16+,18+,19+/m01/s1. The van der Waals surface area contributed by atoms with Crippen LogP contribution in [0.2, 0.25) is 0 Å². The molecule has 0 spiro atoms. The van der Waals surface area contributed by atoms with Crippen molar-refractivity contribution in [1.82, 2.24) is 0 Å². The second-order valence-electron chi connectivity index (χ2n) is 18.4. The first kappa shape index (κ1) is 33.8. The first-order valence-corrected chi connectivity index (χ1v) is 19.0. The predicted molar refractivity (Wildman–Crippen MR) is 177 cm³/mol. The molecule has 0 aromatic rings. The highest BCUT2D eigenvalue weighted by Gasteiger charge is 2.68. The first-order valence-electron chi connectivity index (χ1n) is 19.0. The third kappa shape index (κ3) is 4.74. The minimum absolute atomic E-state index is 0.0124. The quantitative estimate of drug-likeness (QED) is 0.337. The molecule has 0 heterocycles. The van der Waals surface area contributed by atoms with E-state index in [1.165, 1.54) is 25.7 Å². The molecule has 7 nitrogen and oxygen atoms in total. The molecular weight excluding hydrogens is 592 g/mol. The van der Waals surface area contributed by atoms with Crippen molar-refractivity contribution in [3.8, 4) is 0 Å². The van der Waals surface area contributed by atoms with Crippen LogP contribution in [0.3, 0.4) is 0 Å². The summed E-state index contributed by atoms with van der Waals surface area (Å²) in [5.41, 5.74) is -1.10. The molecule has 0 aliphatic heterocycles. The first-order chi connectivity index (χ1) is 22.1. The average Bonchev–Trinajstić information content (AvgIpc) is 3.49.